The molecule has 1 aliphatic heterocycles. The zero-order valence-electron chi connectivity index (χ0n) is 13.1. The molecule has 3 N–H and O–H groups in total. The van der Waals surface area contributed by atoms with E-state index in [1.54, 1.807) is 23.4 Å². The van der Waals surface area contributed by atoms with E-state index in [2.05, 4.69) is 9.71 Å². The second-order valence-electron chi connectivity index (χ2n) is 5.79. The molecule has 1 aromatic heterocycles. The maximum absolute atomic E-state index is 12.2. The Labute approximate surface area is 130 Å². The van der Waals surface area contributed by atoms with Crippen molar-refractivity contribution in [3.63, 3.8) is 0 Å². The van der Waals surface area contributed by atoms with Gasteiger partial charge in [0.2, 0.25) is 5.91 Å². The number of carbonyl (C=O) groups is 1. The van der Waals surface area contributed by atoms with E-state index >= 15 is 0 Å². The molecule has 0 saturated carbocycles. The lowest BCUT2D eigenvalue weighted by Crippen LogP contribution is -2.42. The molecule has 2 rings (SSSR count). The van der Waals surface area contributed by atoms with Gasteiger partial charge in [-0.25, -0.2) is 18.1 Å². The predicted octanol–water partition coefficient (Wildman–Crippen LogP) is -0.797. The maximum Gasteiger partial charge on any atom is 0.260 e. The van der Waals surface area contributed by atoms with Crippen LogP contribution in [0.5, 0.6) is 0 Å². The van der Waals surface area contributed by atoms with Crippen LogP contribution in [0.2, 0.25) is 0 Å². The van der Waals surface area contributed by atoms with Gasteiger partial charge in [0.05, 0.1) is 6.54 Å². The molecule has 2 unspecified atom stereocenters. The van der Waals surface area contributed by atoms with Gasteiger partial charge in [-0.05, 0) is 32.7 Å². The quantitative estimate of drug-likeness (QED) is 0.735. The van der Waals surface area contributed by atoms with Gasteiger partial charge in [-0.15, -0.1) is 0 Å². The number of nitrogens with one attached hydrogen (secondary N) is 1. The second-order valence-corrected chi connectivity index (χ2v) is 7.51. The van der Waals surface area contributed by atoms with Crippen LogP contribution >= 0.6 is 0 Å². The average molecular weight is 329 g/mol. The van der Waals surface area contributed by atoms with Crippen molar-refractivity contribution >= 4 is 15.9 Å². The first kappa shape index (κ1) is 16.9. The number of amides is 1. The van der Waals surface area contributed by atoms with Crippen molar-refractivity contribution in [1.29, 1.82) is 0 Å². The molecule has 1 aromatic rings. The van der Waals surface area contributed by atoms with Crippen LogP contribution in [0.15, 0.2) is 11.2 Å². The van der Waals surface area contributed by atoms with Crippen molar-refractivity contribution < 1.29 is 13.2 Å². The highest BCUT2D eigenvalue weighted by Crippen LogP contribution is 2.21. The van der Waals surface area contributed by atoms with Gasteiger partial charge in [0.1, 0.15) is 5.82 Å². The fraction of sp³-hybridized carbons (Fsp3) is 0.692. The summed E-state index contributed by atoms with van der Waals surface area (Å²) >= 11 is 0. The molecule has 9 heteroatoms. The molecular formula is C13H23N5O3S. The Morgan fingerprint density at radius 3 is 2.73 bits per heavy atom. The van der Waals surface area contributed by atoms with E-state index in [4.69, 9.17) is 5.73 Å². The summed E-state index contributed by atoms with van der Waals surface area (Å²) in [6, 6.07) is 0.0858. The van der Waals surface area contributed by atoms with Gasteiger partial charge < -0.3 is 15.2 Å². The summed E-state index contributed by atoms with van der Waals surface area (Å²) < 4.78 is 28.2. The van der Waals surface area contributed by atoms with Crippen LogP contribution in [0.3, 0.4) is 0 Å². The van der Waals surface area contributed by atoms with Crippen LogP contribution in [0.1, 0.15) is 19.2 Å². The average Bonchev–Trinajstić information content (AvgIpc) is 3.00. The van der Waals surface area contributed by atoms with Gasteiger partial charge in [0.25, 0.3) is 10.0 Å². The lowest BCUT2D eigenvalue weighted by molar-refractivity contribution is -0.130. The van der Waals surface area contributed by atoms with E-state index in [0.29, 0.717) is 18.9 Å². The summed E-state index contributed by atoms with van der Waals surface area (Å²) in [6.45, 7) is 4.51. The van der Waals surface area contributed by atoms with Crippen molar-refractivity contribution in [1.82, 2.24) is 19.2 Å². The van der Waals surface area contributed by atoms with E-state index in [0.717, 1.165) is 6.42 Å². The number of sulfonamides is 1. The topological polar surface area (TPSA) is 110 Å². The smallest absolute Gasteiger partial charge is 0.260 e. The van der Waals surface area contributed by atoms with Gasteiger partial charge in [-0.2, -0.15) is 0 Å². The number of carbonyl (C=O) groups excluding carboxylic acids is 1. The summed E-state index contributed by atoms with van der Waals surface area (Å²) in [5.41, 5.74) is 5.63. The zero-order chi connectivity index (χ0) is 16.5. The maximum atomic E-state index is 12.2. The first-order valence-electron chi connectivity index (χ1n) is 7.23. The third kappa shape index (κ3) is 3.47. The summed E-state index contributed by atoms with van der Waals surface area (Å²) in [5, 5.41) is -0.0744. The van der Waals surface area contributed by atoms with Crippen LogP contribution in [-0.2, 0) is 21.9 Å². The van der Waals surface area contributed by atoms with Crippen LogP contribution < -0.4 is 10.5 Å². The van der Waals surface area contributed by atoms with Crippen molar-refractivity contribution in [2.75, 3.05) is 19.6 Å². The number of likely N-dealkylation sites (tertiary alicyclic amines) is 1. The predicted molar refractivity (Wildman–Crippen MR) is 81.5 cm³/mol. The summed E-state index contributed by atoms with van der Waals surface area (Å²) in [7, 11) is -2.06. The molecule has 1 fully saturated rings. The number of hydrogen-bond donors (Lipinski definition) is 2. The van der Waals surface area contributed by atoms with E-state index in [9.17, 15) is 13.2 Å². The second kappa shape index (κ2) is 6.35. The third-order valence-electron chi connectivity index (χ3n) is 4.09. The Balaban J connectivity index is 1.98. The number of imidazole rings is 1. The Hall–Kier alpha value is -1.45. The van der Waals surface area contributed by atoms with E-state index in [1.165, 1.54) is 6.20 Å². The monoisotopic (exact) mass is 329 g/mol. The van der Waals surface area contributed by atoms with Gasteiger partial charge in [0, 0.05) is 25.8 Å². The van der Waals surface area contributed by atoms with Crippen LogP contribution in [-0.4, -0.2) is 54.5 Å². The fourth-order valence-corrected chi connectivity index (χ4v) is 3.66. The molecule has 8 nitrogen and oxygen atoms in total. The lowest BCUT2D eigenvalue weighted by atomic mass is 10.1. The molecule has 2 atom stereocenters. The molecule has 0 spiro atoms. The number of rotatable bonds is 5. The lowest BCUT2D eigenvalue weighted by Gasteiger charge is -2.21. The van der Waals surface area contributed by atoms with Gasteiger partial charge in [-0.3, -0.25) is 4.79 Å². The summed E-state index contributed by atoms with van der Waals surface area (Å²) in [6.07, 6.45) is 2.28. The molecule has 2 heterocycles. The van der Waals surface area contributed by atoms with Crippen molar-refractivity contribution in [3.05, 3.63) is 12.0 Å². The van der Waals surface area contributed by atoms with E-state index < -0.39 is 10.0 Å². The van der Waals surface area contributed by atoms with Gasteiger partial charge in [-0.1, -0.05) is 0 Å². The minimum Gasteiger partial charge on any atom is -0.339 e. The molecule has 0 bridgehead atoms. The molecule has 1 amide bonds. The highest BCUT2D eigenvalue weighted by molar-refractivity contribution is 7.89. The Bertz CT molecular complexity index is 635. The first-order valence-corrected chi connectivity index (χ1v) is 8.72. The third-order valence-corrected chi connectivity index (χ3v) is 5.36. The van der Waals surface area contributed by atoms with Gasteiger partial charge in [0.15, 0.2) is 5.03 Å². The molecule has 0 radical (unpaired) electrons. The molecular weight excluding hydrogens is 306 g/mol. The number of aromatic nitrogens is 2. The Kier molecular flexibility index (Phi) is 4.88. The highest BCUT2D eigenvalue weighted by atomic mass is 32.2. The molecule has 0 aliphatic carbocycles. The fourth-order valence-electron chi connectivity index (χ4n) is 2.65. The van der Waals surface area contributed by atoms with Crippen LogP contribution in [0, 0.1) is 12.8 Å². The summed E-state index contributed by atoms with van der Waals surface area (Å²) in [5.74, 6) is 0.638. The van der Waals surface area contributed by atoms with Crippen LogP contribution in [0.4, 0.5) is 0 Å². The number of aryl methyl sites for hydroxylation is 2. The summed E-state index contributed by atoms with van der Waals surface area (Å²) in [4.78, 5) is 17.9. The molecule has 1 saturated heterocycles. The standard InChI is InChI=1S/C13H23N5O3S/c1-9-4-11(5-14)7-18(9)13(19)6-15-22(20,21)12-8-17(3)10(2)16-12/h8-9,11,15H,4-7,14H2,1-3H3. The molecule has 124 valence electrons. The zero-order valence-corrected chi connectivity index (χ0v) is 13.9. The number of nitrogens with zero attached hydrogens (tertiary/aromatic N) is 3. The van der Waals surface area contributed by atoms with E-state index in [1.807, 2.05) is 6.92 Å². The molecule has 0 aromatic carbocycles. The van der Waals surface area contributed by atoms with Gasteiger partial charge >= 0.3 is 0 Å². The van der Waals surface area contributed by atoms with Crippen molar-refractivity contribution in [2.45, 2.75) is 31.3 Å². The van der Waals surface area contributed by atoms with E-state index in [-0.39, 0.29) is 29.4 Å². The largest absolute Gasteiger partial charge is 0.339 e. The Morgan fingerprint density at radius 2 is 2.23 bits per heavy atom. The highest BCUT2D eigenvalue weighted by Gasteiger charge is 2.32. The Morgan fingerprint density at radius 1 is 1.55 bits per heavy atom. The first-order chi connectivity index (χ1) is 10.2. The SMILES string of the molecule is Cc1nc(S(=O)(=O)NCC(=O)N2CC(CN)CC2C)cn1C. The van der Waals surface area contributed by atoms with Crippen molar-refractivity contribution in [2.24, 2.45) is 18.7 Å². The number of hydrogen-bond acceptors (Lipinski definition) is 5. The molecule has 1 aliphatic rings. The van der Waals surface area contributed by atoms with Crippen molar-refractivity contribution in [3.8, 4) is 0 Å². The minimum absolute atomic E-state index is 0.0744. The van der Waals surface area contributed by atoms with Crippen LogP contribution in [0.25, 0.3) is 0 Å². The normalized spacial score (nSPS) is 22.3. The number of nitrogens with two attached hydrogens (primary N) is 1. The molecule has 22 heavy (non-hydrogen) atoms. The minimum atomic E-state index is -3.78.